The van der Waals surface area contributed by atoms with Gasteiger partial charge >= 0.3 is 0 Å². The topological polar surface area (TPSA) is 34.3 Å². The summed E-state index contributed by atoms with van der Waals surface area (Å²) in [6, 6.07) is 20.8. The van der Waals surface area contributed by atoms with E-state index in [1.807, 2.05) is 12.1 Å². The molecule has 4 atom stereocenters. The number of rotatable bonds is 8. The Morgan fingerprint density at radius 3 is 1.48 bits per heavy atom. The zero-order valence-electron chi connectivity index (χ0n) is 12.5. The Morgan fingerprint density at radius 2 is 1.13 bits per heavy atom. The Labute approximate surface area is 145 Å². The van der Waals surface area contributed by atoms with Crippen LogP contribution < -0.4 is 0 Å². The molecule has 2 saturated heterocycles. The predicted molar refractivity (Wildman–Crippen MR) is 94.1 cm³/mol. The largest absolute Gasteiger partial charge is 0.371 e. The second-order valence-corrected chi connectivity index (χ2v) is 7.61. The van der Waals surface area contributed by atoms with Gasteiger partial charge in [-0.3, -0.25) is 0 Å². The number of epoxide rings is 2. The van der Waals surface area contributed by atoms with Crippen molar-refractivity contribution in [2.45, 2.75) is 22.7 Å². The first-order valence-corrected chi connectivity index (χ1v) is 9.34. The van der Waals surface area contributed by atoms with Gasteiger partial charge in [-0.05, 0) is 11.1 Å². The second-order valence-electron chi connectivity index (χ2n) is 5.67. The van der Waals surface area contributed by atoms with Crippen LogP contribution in [0, 0.1) is 0 Å². The second kappa shape index (κ2) is 7.28. The van der Waals surface area contributed by atoms with Crippen LogP contribution >= 0.6 is 24.1 Å². The maximum absolute atomic E-state index is 5.94. The van der Waals surface area contributed by atoms with Gasteiger partial charge in [0.1, 0.15) is 0 Å². The van der Waals surface area contributed by atoms with Gasteiger partial charge in [-0.15, -0.1) is 0 Å². The molecule has 2 fully saturated rings. The molecule has 2 aromatic rings. The van der Waals surface area contributed by atoms with Gasteiger partial charge in [0.15, 0.2) is 0 Å². The first-order chi connectivity index (χ1) is 11.4. The van der Waals surface area contributed by atoms with Gasteiger partial charge in [-0.25, -0.2) is 3.63 Å². The summed E-state index contributed by atoms with van der Waals surface area (Å²) in [6.07, 6.45) is 0.519. The predicted octanol–water partition coefficient (Wildman–Crippen LogP) is 4.58. The minimum absolute atomic E-state index is 0.222. The highest BCUT2D eigenvalue weighted by Crippen LogP contribution is 2.46. The summed E-state index contributed by atoms with van der Waals surface area (Å²) >= 11 is 2.99. The third-order valence-electron chi connectivity index (χ3n) is 3.94. The molecule has 2 heterocycles. The lowest BCUT2D eigenvalue weighted by molar-refractivity contribution is 0.400. The van der Waals surface area contributed by atoms with Gasteiger partial charge in [0.05, 0.1) is 35.9 Å². The summed E-state index contributed by atoms with van der Waals surface area (Å²) in [5.41, 5.74) is 2.50. The van der Waals surface area contributed by atoms with Crippen LogP contribution in [-0.4, -0.2) is 25.4 Å². The summed E-state index contributed by atoms with van der Waals surface area (Å²) in [6.45, 7) is 1.63. The molecular weight excluding hydrogens is 328 g/mol. The van der Waals surface area contributed by atoms with Crippen LogP contribution in [0.15, 0.2) is 60.7 Å². The molecule has 4 rings (SSSR count). The van der Waals surface area contributed by atoms with Crippen molar-refractivity contribution in [3.05, 3.63) is 71.8 Å². The van der Waals surface area contributed by atoms with E-state index >= 15 is 0 Å². The molecule has 0 bridgehead atoms. The van der Waals surface area contributed by atoms with Crippen molar-refractivity contribution in [3.63, 3.8) is 0 Å². The smallest absolute Gasteiger partial charge is 0.0991 e. The highest BCUT2D eigenvalue weighted by atomic mass is 32.2. The van der Waals surface area contributed by atoms with E-state index in [1.165, 1.54) is 35.2 Å². The summed E-state index contributed by atoms with van der Waals surface area (Å²) in [5, 5.41) is 0.445. The molecule has 0 amide bonds. The van der Waals surface area contributed by atoms with Crippen LogP contribution in [0.4, 0.5) is 0 Å². The molecule has 0 N–H and O–H groups in total. The molecular formula is C18H18O3S2. The summed E-state index contributed by atoms with van der Waals surface area (Å²) < 4.78 is 16.9. The van der Waals surface area contributed by atoms with Gasteiger partial charge in [0.25, 0.3) is 0 Å². The van der Waals surface area contributed by atoms with Gasteiger partial charge in [0.2, 0.25) is 0 Å². The highest BCUT2D eigenvalue weighted by Gasteiger charge is 2.38. The Kier molecular flexibility index (Phi) is 4.92. The van der Waals surface area contributed by atoms with Crippen molar-refractivity contribution in [1.82, 2.24) is 0 Å². The average molecular weight is 346 g/mol. The van der Waals surface area contributed by atoms with E-state index in [2.05, 4.69) is 48.5 Å². The van der Waals surface area contributed by atoms with Gasteiger partial charge < -0.3 is 9.47 Å². The number of hydrogen-bond acceptors (Lipinski definition) is 5. The molecule has 5 heteroatoms. The molecule has 2 aliphatic rings. The van der Waals surface area contributed by atoms with E-state index in [0.717, 1.165) is 13.2 Å². The lowest BCUT2D eigenvalue weighted by Gasteiger charge is -2.17. The van der Waals surface area contributed by atoms with Crippen LogP contribution in [0.25, 0.3) is 0 Å². The van der Waals surface area contributed by atoms with E-state index in [4.69, 9.17) is 13.1 Å². The molecule has 0 radical (unpaired) electrons. The van der Waals surface area contributed by atoms with E-state index in [-0.39, 0.29) is 22.7 Å². The van der Waals surface area contributed by atoms with Gasteiger partial charge in [-0.1, -0.05) is 60.7 Å². The molecule has 0 saturated carbocycles. The van der Waals surface area contributed by atoms with Crippen LogP contribution in [0.1, 0.15) is 21.6 Å². The Balaban J connectivity index is 1.38. The third-order valence-corrected chi connectivity index (χ3v) is 6.13. The maximum Gasteiger partial charge on any atom is 0.0991 e. The van der Waals surface area contributed by atoms with Crippen molar-refractivity contribution in [2.24, 2.45) is 0 Å². The van der Waals surface area contributed by atoms with Crippen LogP contribution in [0.2, 0.25) is 0 Å². The minimum Gasteiger partial charge on any atom is -0.371 e. The zero-order chi connectivity index (χ0) is 15.5. The van der Waals surface area contributed by atoms with E-state index in [1.54, 1.807) is 0 Å². The quantitative estimate of drug-likeness (QED) is 0.516. The van der Waals surface area contributed by atoms with Crippen molar-refractivity contribution < 1.29 is 13.1 Å². The molecule has 120 valence electrons. The first-order valence-electron chi connectivity index (χ1n) is 7.74. The number of hydrogen-bond donors (Lipinski definition) is 0. The van der Waals surface area contributed by atoms with E-state index in [9.17, 15) is 0 Å². The molecule has 0 spiro atoms. The van der Waals surface area contributed by atoms with Crippen LogP contribution in [-0.2, 0) is 13.1 Å². The normalized spacial score (nSPS) is 24.9. The Hall–Kier alpha value is -0.980. The van der Waals surface area contributed by atoms with E-state index < -0.39 is 0 Å². The third kappa shape index (κ3) is 4.11. The standard InChI is InChI=1S/C18H18O3S2/c1-3-7-13(8-4-1)17(15-11-19-15)22-21-23-18(16-12-20-16)14-9-5-2-6-10-14/h1-10,15-18H,11-12H2. The van der Waals surface area contributed by atoms with Crippen molar-refractivity contribution >= 4 is 24.1 Å². The van der Waals surface area contributed by atoms with Crippen molar-refractivity contribution in [1.29, 1.82) is 0 Å². The fourth-order valence-electron chi connectivity index (χ4n) is 2.52. The molecule has 0 aliphatic carbocycles. The fourth-order valence-corrected chi connectivity index (χ4v) is 4.48. The molecule has 2 aliphatic heterocycles. The lowest BCUT2D eigenvalue weighted by atomic mass is 10.1. The number of ether oxygens (including phenoxy) is 2. The van der Waals surface area contributed by atoms with Gasteiger partial charge in [0, 0.05) is 24.1 Å². The molecule has 2 aromatic carbocycles. The fraction of sp³-hybridized carbons (Fsp3) is 0.333. The summed E-state index contributed by atoms with van der Waals surface area (Å²) in [4.78, 5) is 0. The van der Waals surface area contributed by atoms with Crippen LogP contribution in [0.3, 0.4) is 0 Å². The van der Waals surface area contributed by atoms with Gasteiger partial charge in [-0.2, -0.15) is 0 Å². The SMILES string of the molecule is c1ccc(C(SOSC(c2ccccc2)C2CO2)C2CO2)cc1. The Bertz CT molecular complexity index is 559. The monoisotopic (exact) mass is 346 g/mol. The van der Waals surface area contributed by atoms with Crippen LogP contribution in [0.5, 0.6) is 0 Å². The molecule has 0 aromatic heterocycles. The average Bonchev–Trinajstić information content (AvgIpc) is 3.49. The molecule has 23 heavy (non-hydrogen) atoms. The highest BCUT2D eigenvalue weighted by molar-refractivity contribution is 8.08. The van der Waals surface area contributed by atoms with E-state index in [0.29, 0.717) is 0 Å². The Morgan fingerprint density at radius 1 is 0.739 bits per heavy atom. The number of benzene rings is 2. The first kappa shape index (κ1) is 15.5. The summed E-state index contributed by atoms with van der Waals surface area (Å²) in [5.74, 6) is 0. The summed E-state index contributed by atoms with van der Waals surface area (Å²) in [7, 11) is 0. The van der Waals surface area contributed by atoms with Crippen molar-refractivity contribution in [2.75, 3.05) is 13.2 Å². The lowest BCUT2D eigenvalue weighted by Crippen LogP contribution is -2.04. The van der Waals surface area contributed by atoms with Crippen molar-refractivity contribution in [3.8, 4) is 0 Å². The molecule has 4 unspecified atom stereocenters. The zero-order valence-corrected chi connectivity index (χ0v) is 14.2. The molecule has 3 nitrogen and oxygen atoms in total. The minimum atomic E-state index is 0.222. The maximum atomic E-state index is 5.94.